The molecule has 0 aliphatic carbocycles. The lowest BCUT2D eigenvalue weighted by Crippen LogP contribution is -2.49. The second kappa shape index (κ2) is 8.55. The van der Waals surface area contributed by atoms with Crippen LogP contribution in [0.15, 0.2) is 18.2 Å². The number of nitrogens with one attached hydrogen (secondary N) is 1. The predicted molar refractivity (Wildman–Crippen MR) is 105 cm³/mol. The summed E-state index contributed by atoms with van der Waals surface area (Å²) in [7, 11) is 0. The first kappa shape index (κ1) is 19.4. The Morgan fingerprint density at radius 2 is 2.00 bits per heavy atom. The zero-order chi connectivity index (χ0) is 19.4. The van der Waals surface area contributed by atoms with Crippen molar-refractivity contribution in [2.75, 3.05) is 24.5 Å². The van der Waals surface area contributed by atoms with Crippen molar-refractivity contribution < 1.29 is 14.4 Å². The number of fused-ring (bicyclic) bond motifs is 1. The molecule has 3 amide bonds. The zero-order valence-electron chi connectivity index (χ0n) is 16.3. The van der Waals surface area contributed by atoms with Crippen molar-refractivity contribution in [2.24, 2.45) is 0 Å². The number of carbonyl (C=O) groups excluding carboxylic acids is 3. The van der Waals surface area contributed by atoms with Crippen LogP contribution in [0.2, 0.25) is 0 Å². The Morgan fingerprint density at radius 1 is 1.19 bits per heavy atom. The minimum absolute atomic E-state index is 0.00695. The van der Waals surface area contributed by atoms with Gasteiger partial charge in [0.25, 0.3) is 5.91 Å². The fourth-order valence-electron chi connectivity index (χ4n) is 3.97. The van der Waals surface area contributed by atoms with E-state index in [0.29, 0.717) is 31.5 Å². The molecule has 1 atom stereocenters. The van der Waals surface area contributed by atoms with Crippen LogP contribution < -0.4 is 10.2 Å². The van der Waals surface area contributed by atoms with E-state index in [1.165, 1.54) is 0 Å². The maximum atomic E-state index is 13.0. The monoisotopic (exact) mass is 371 g/mol. The summed E-state index contributed by atoms with van der Waals surface area (Å²) in [6.45, 7) is 5.82. The molecule has 1 aromatic rings. The smallest absolute Gasteiger partial charge is 0.253 e. The van der Waals surface area contributed by atoms with Gasteiger partial charge in [-0.3, -0.25) is 14.4 Å². The molecule has 1 saturated heterocycles. The van der Waals surface area contributed by atoms with Gasteiger partial charge in [-0.2, -0.15) is 0 Å². The molecule has 0 aromatic heterocycles. The van der Waals surface area contributed by atoms with Crippen molar-refractivity contribution >= 4 is 23.4 Å². The Kier molecular flexibility index (Phi) is 6.14. The number of piperidine rings is 1. The molecule has 0 spiro atoms. The van der Waals surface area contributed by atoms with Gasteiger partial charge in [-0.25, -0.2) is 0 Å². The number of rotatable bonds is 5. The highest BCUT2D eigenvalue weighted by Crippen LogP contribution is 2.30. The van der Waals surface area contributed by atoms with Crippen molar-refractivity contribution in [3.63, 3.8) is 0 Å². The van der Waals surface area contributed by atoms with E-state index in [2.05, 4.69) is 5.32 Å². The molecular formula is C21H29N3O3. The third-order valence-corrected chi connectivity index (χ3v) is 5.38. The maximum Gasteiger partial charge on any atom is 0.253 e. The normalized spacial score (nSPS) is 19.0. The number of anilines is 1. The van der Waals surface area contributed by atoms with Crippen molar-refractivity contribution in [1.29, 1.82) is 0 Å². The fourth-order valence-corrected chi connectivity index (χ4v) is 3.97. The molecule has 1 unspecified atom stereocenters. The number of nitrogens with zero attached hydrogens (tertiary/aromatic N) is 2. The summed E-state index contributed by atoms with van der Waals surface area (Å²) in [6.07, 6.45) is 4.44. The largest absolute Gasteiger partial charge is 0.352 e. The summed E-state index contributed by atoms with van der Waals surface area (Å²) in [6, 6.07) is 5.68. The molecule has 0 bridgehead atoms. The van der Waals surface area contributed by atoms with Crippen LogP contribution in [0.5, 0.6) is 0 Å². The van der Waals surface area contributed by atoms with Crippen LogP contribution >= 0.6 is 0 Å². The predicted octanol–water partition coefficient (Wildman–Crippen LogP) is 2.51. The van der Waals surface area contributed by atoms with Crippen molar-refractivity contribution in [3.05, 3.63) is 29.3 Å². The fraction of sp³-hybridized carbons (Fsp3) is 0.571. The van der Waals surface area contributed by atoms with Gasteiger partial charge in [0.1, 0.15) is 0 Å². The van der Waals surface area contributed by atoms with Gasteiger partial charge in [-0.15, -0.1) is 0 Å². The first-order valence-electron chi connectivity index (χ1n) is 10.0. The van der Waals surface area contributed by atoms with Crippen LogP contribution in [-0.2, 0) is 16.0 Å². The molecule has 2 aliphatic rings. The van der Waals surface area contributed by atoms with E-state index in [1.807, 2.05) is 41.8 Å². The summed E-state index contributed by atoms with van der Waals surface area (Å²) in [5, 5.41) is 3.05. The lowest BCUT2D eigenvalue weighted by molar-refractivity contribution is -0.122. The van der Waals surface area contributed by atoms with E-state index in [9.17, 15) is 14.4 Å². The second-order valence-electron chi connectivity index (χ2n) is 7.40. The Morgan fingerprint density at radius 3 is 2.74 bits per heavy atom. The highest BCUT2D eigenvalue weighted by molar-refractivity contribution is 5.98. The number of hydrogen-bond donors (Lipinski definition) is 1. The lowest BCUT2D eigenvalue weighted by Gasteiger charge is -2.33. The van der Waals surface area contributed by atoms with Gasteiger partial charge < -0.3 is 15.1 Å². The Labute approximate surface area is 160 Å². The molecule has 2 aliphatic heterocycles. The number of likely N-dealkylation sites (tertiary alicyclic amines) is 1. The second-order valence-corrected chi connectivity index (χ2v) is 7.40. The molecule has 0 radical (unpaired) electrons. The van der Waals surface area contributed by atoms with E-state index < -0.39 is 0 Å². The van der Waals surface area contributed by atoms with Gasteiger partial charge >= 0.3 is 0 Å². The van der Waals surface area contributed by atoms with E-state index in [1.54, 1.807) is 0 Å². The van der Waals surface area contributed by atoms with Gasteiger partial charge in [0.2, 0.25) is 11.8 Å². The standard InChI is InChI=1S/C21H29N3O3/c1-3-6-19(25)22-17-7-5-11-23(14-17)21(27)16-8-9-18-15(13-16)10-12-24(18)20(26)4-2/h8-9,13,17H,3-7,10-12,14H2,1-2H3,(H,22,25). The summed E-state index contributed by atoms with van der Waals surface area (Å²) >= 11 is 0. The van der Waals surface area contributed by atoms with Crippen molar-refractivity contribution in [3.8, 4) is 0 Å². The van der Waals surface area contributed by atoms with Gasteiger partial charge in [0.15, 0.2) is 0 Å². The number of carbonyl (C=O) groups is 3. The molecule has 6 nitrogen and oxygen atoms in total. The van der Waals surface area contributed by atoms with Crippen LogP contribution in [0.25, 0.3) is 0 Å². The summed E-state index contributed by atoms with van der Waals surface area (Å²) in [4.78, 5) is 40.5. The molecular weight excluding hydrogens is 342 g/mol. The van der Waals surface area contributed by atoms with Gasteiger partial charge in [-0.1, -0.05) is 13.8 Å². The molecule has 1 aromatic carbocycles. The van der Waals surface area contributed by atoms with Crippen LogP contribution in [-0.4, -0.2) is 48.3 Å². The first-order valence-corrected chi connectivity index (χ1v) is 10.0. The third-order valence-electron chi connectivity index (χ3n) is 5.38. The SMILES string of the molecule is CCCC(=O)NC1CCCN(C(=O)c2ccc3c(c2)CCN3C(=O)CC)C1. The van der Waals surface area contributed by atoms with Crippen LogP contribution in [0.3, 0.4) is 0 Å². The van der Waals surface area contributed by atoms with E-state index in [4.69, 9.17) is 0 Å². The topological polar surface area (TPSA) is 69.7 Å². The van der Waals surface area contributed by atoms with Gasteiger partial charge in [-0.05, 0) is 49.4 Å². The van der Waals surface area contributed by atoms with Crippen LogP contribution in [0, 0.1) is 0 Å². The molecule has 0 saturated carbocycles. The minimum Gasteiger partial charge on any atom is -0.352 e. The molecule has 146 valence electrons. The molecule has 6 heteroatoms. The molecule has 27 heavy (non-hydrogen) atoms. The number of benzene rings is 1. The first-order chi connectivity index (χ1) is 13.0. The average molecular weight is 371 g/mol. The number of hydrogen-bond acceptors (Lipinski definition) is 3. The minimum atomic E-state index is 0.00695. The van der Waals surface area contributed by atoms with Crippen molar-refractivity contribution in [1.82, 2.24) is 10.2 Å². The highest BCUT2D eigenvalue weighted by Gasteiger charge is 2.28. The Bertz CT molecular complexity index is 731. The Balaban J connectivity index is 1.67. The van der Waals surface area contributed by atoms with Crippen LogP contribution in [0.4, 0.5) is 5.69 Å². The van der Waals surface area contributed by atoms with Crippen LogP contribution in [0.1, 0.15) is 61.9 Å². The van der Waals surface area contributed by atoms with E-state index in [-0.39, 0.29) is 23.8 Å². The summed E-state index contributed by atoms with van der Waals surface area (Å²) < 4.78 is 0. The summed E-state index contributed by atoms with van der Waals surface area (Å²) in [5.74, 6) is 0.192. The lowest BCUT2D eigenvalue weighted by atomic mass is 10.0. The Hall–Kier alpha value is -2.37. The zero-order valence-corrected chi connectivity index (χ0v) is 16.3. The molecule has 1 fully saturated rings. The maximum absolute atomic E-state index is 13.0. The summed E-state index contributed by atoms with van der Waals surface area (Å²) in [5.41, 5.74) is 2.66. The van der Waals surface area contributed by atoms with E-state index in [0.717, 1.165) is 43.5 Å². The number of amides is 3. The third kappa shape index (κ3) is 4.31. The molecule has 2 heterocycles. The molecule has 1 N–H and O–H groups in total. The van der Waals surface area contributed by atoms with Gasteiger partial charge in [0.05, 0.1) is 0 Å². The highest BCUT2D eigenvalue weighted by atomic mass is 16.2. The van der Waals surface area contributed by atoms with E-state index >= 15 is 0 Å². The molecule has 3 rings (SSSR count). The average Bonchev–Trinajstić information content (AvgIpc) is 3.10. The van der Waals surface area contributed by atoms with Crippen molar-refractivity contribution in [2.45, 2.75) is 58.4 Å². The quantitative estimate of drug-likeness (QED) is 0.865. The van der Waals surface area contributed by atoms with Gasteiger partial charge in [0, 0.05) is 49.8 Å².